The van der Waals surface area contributed by atoms with Gasteiger partial charge in [0.25, 0.3) is 0 Å². The summed E-state index contributed by atoms with van der Waals surface area (Å²) in [4.78, 5) is 31.3. The second kappa shape index (κ2) is 9.39. The van der Waals surface area contributed by atoms with Crippen LogP contribution in [-0.2, 0) is 22.4 Å². The van der Waals surface area contributed by atoms with Gasteiger partial charge in [-0.25, -0.2) is 4.98 Å². The van der Waals surface area contributed by atoms with Crippen molar-refractivity contribution < 1.29 is 9.59 Å². The number of hydrogen-bond acceptors (Lipinski definition) is 5. The average molecular weight is 407 g/mol. The molecule has 3 heterocycles. The lowest BCUT2D eigenvalue weighted by Gasteiger charge is -2.43. The van der Waals surface area contributed by atoms with Gasteiger partial charge in [-0.1, -0.05) is 36.4 Å². The van der Waals surface area contributed by atoms with Gasteiger partial charge in [-0.2, -0.15) is 0 Å². The summed E-state index contributed by atoms with van der Waals surface area (Å²) in [5.74, 6) is 1.23. The van der Waals surface area contributed by atoms with Crippen LogP contribution in [0.5, 0.6) is 0 Å². The van der Waals surface area contributed by atoms with E-state index in [2.05, 4.69) is 27.7 Å². The molecule has 0 spiro atoms. The zero-order chi connectivity index (χ0) is 20.9. The number of nitrogens with zero attached hydrogens (tertiary/aromatic N) is 2. The van der Waals surface area contributed by atoms with E-state index in [9.17, 15) is 9.59 Å². The molecule has 0 bridgehead atoms. The number of amides is 1. The molecular weight excluding hydrogens is 376 g/mol. The molecule has 0 radical (unpaired) electrons. The fourth-order valence-corrected chi connectivity index (χ4v) is 4.39. The molecule has 6 nitrogen and oxygen atoms in total. The molecule has 0 saturated carbocycles. The van der Waals surface area contributed by atoms with E-state index >= 15 is 0 Å². The van der Waals surface area contributed by atoms with E-state index in [1.807, 2.05) is 30.3 Å². The molecule has 4 rings (SSSR count). The van der Waals surface area contributed by atoms with Gasteiger partial charge >= 0.3 is 0 Å². The first-order valence-corrected chi connectivity index (χ1v) is 10.9. The van der Waals surface area contributed by atoms with Gasteiger partial charge in [-0.3, -0.25) is 14.5 Å². The summed E-state index contributed by atoms with van der Waals surface area (Å²) < 4.78 is 0. The number of nitrogens with one attached hydrogen (secondary N) is 2. The molecule has 2 aliphatic heterocycles. The van der Waals surface area contributed by atoms with Gasteiger partial charge in [0.1, 0.15) is 5.82 Å². The molecule has 2 aromatic rings. The highest BCUT2D eigenvalue weighted by atomic mass is 16.1. The van der Waals surface area contributed by atoms with E-state index in [1.165, 1.54) is 5.56 Å². The molecule has 1 fully saturated rings. The van der Waals surface area contributed by atoms with Gasteiger partial charge in [0, 0.05) is 31.7 Å². The largest absolute Gasteiger partial charge is 0.370 e. The Morgan fingerprint density at radius 3 is 2.77 bits per heavy atom. The maximum atomic E-state index is 12.3. The zero-order valence-electron chi connectivity index (χ0n) is 17.6. The Hall–Kier alpha value is -2.73. The van der Waals surface area contributed by atoms with Crippen LogP contribution in [-0.4, -0.2) is 47.3 Å². The third-order valence-electron chi connectivity index (χ3n) is 5.93. The van der Waals surface area contributed by atoms with Crippen molar-refractivity contribution in [3.63, 3.8) is 0 Å². The van der Waals surface area contributed by atoms with Crippen molar-refractivity contribution in [3.8, 4) is 0 Å². The van der Waals surface area contributed by atoms with Gasteiger partial charge in [-0.15, -0.1) is 0 Å². The van der Waals surface area contributed by atoms with E-state index < -0.39 is 0 Å². The van der Waals surface area contributed by atoms with Crippen LogP contribution < -0.4 is 10.6 Å². The predicted molar refractivity (Wildman–Crippen MR) is 117 cm³/mol. The highest BCUT2D eigenvalue weighted by Crippen LogP contribution is 2.27. The topological polar surface area (TPSA) is 74.3 Å². The Morgan fingerprint density at radius 2 is 2.00 bits per heavy atom. The van der Waals surface area contributed by atoms with Crippen LogP contribution in [0.1, 0.15) is 49.0 Å². The minimum Gasteiger partial charge on any atom is -0.370 e. The summed E-state index contributed by atoms with van der Waals surface area (Å²) in [6.45, 7) is 4.04. The van der Waals surface area contributed by atoms with Crippen molar-refractivity contribution >= 4 is 17.5 Å². The number of Topliss-reactive ketones (excluding diaryl/α,β-unsaturated/α-hetero) is 1. The molecule has 1 atom stereocenters. The van der Waals surface area contributed by atoms with Gasteiger partial charge in [-0.05, 0) is 49.8 Å². The molecule has 1 aromatic carbocycles. The molecule has 1 amide bonds. The van der Waals surface area contributed by atoms with Crippen molar-refractivity contribution in [1.29, 1.82) is 0 Å². The number of fused-ring (bicyclic) bond motifs is 1. The Labute approximate surface area is 178 Å². The van der Waals surface area contributed by atoms with Gasteiger partial charge in [0.15, 0.2) is 5.78 Å². The summed E-state index contributed by atoms with van der Waals surface area (Å²) >= 11 is 0. The summed E-state index contributed by atoms with van der Waals surface area (Å²) in [5, 5.41) is 6.46. The third kappa shape index (κ3) is 4.87. The standard InChI is InChI=1S/C24H30N4O2/c1-17(29)23(18-7-3-2-4-8-18)28-15-21(16-28)26-22(30)11-5-10-20-13-12-19-9-6-14-25-24(19)27-20/h2-4,7-8,12-13,21,23H,5-6,9-11,14-16H2,1H3,(H,25,27)(H,26,30)/t23-/m1/s1. The van der Waals surface area contributed by atoms with Crippen molar-refractivity contribution in [1.82, 2.24) is 15.2 Å². The second-order valence-electron chi connectivity index (χ2n) is 8.34. The minimum atomic E-state index is -0.219. The van der Waals surface area contributed by atoms with Crippen LogP contribution in [0.3, 0.4) is 0 Å². The maximum absolute atomic E-state index is 12.3. The minimum absolute atomic E-state index is 0.0785. The second-order valence-corrected chi connectivity index (χ2v) is 8.34. The Balaban J connectivity index is 1.20. The average Bonchev–Trinajstić information content (AvgIpc) is 2.72. The number of hydrogen-bond donors (Lipinski definition) is 2. The van der Waals surface area contributed by atoms with E-state index in [0.29, 0.717) is 19.5 Å². The van der Waals surface area contributed by atoms with Crippen LogP contribution >= 0.6 is 0 Å². The first-order valence-electron chi connectivity index (χ1n) is 10.9. The Kier molecular flexibility index (Phi) is 6.43. The molecule has 30 heavy (non-hydrogen) atoms. The van der Waals surface area contributed by atoms with Crippen molar-refractivity contribution in [2.45, 2.75) is 51.1 Å². The number of aryl methyl sites for hydroxylation is 2. The number of pyridine rings is 1. The SMILES string of the molecule is CC(=O)[C@H](c1ccccc1)N1CC(NC(=O)CCCc2ccc3c(n2)NCCC3)C1. The lowest BCUT2D eigenvalue weighted by atomic mass is 9.96. The molecule has 158 valence electrons. The van der Waals surface area contributed by atoms with Crippen LogP contribution in [0, 0.1) is 0 Å². The molecule has 1 aromatic heterocycles. The van der Waals surface area contributed by atoms with E-state index in [-0.39, 0.29) is 23.8 Å². The number of likely N-dealkylation sites (tertiary alicyclic amines) is 1. The molecule has 0 unspecified atom stereocenters. The third-order valence-corrected chi connectivity index (χ3v) is 5.93. The number of aromatic nitrogens is 1. The normalized spacial score (nSPS) is 17.4. The molecule has 0 aliphatic carbocycles. The van der Waals surface area contributed by atoms with Crippen LogP contribution in [0.15, 0.2) is 42.5 Å². The van der Waals surface area contributed by atoms with E-state index in [4.69, 9.17) is 4.98 Å². The number of carbonyl (C=O) groups is 2. The number of carbonyl (C=O) groups excluding carboxylic acids is 2. The number of ketones is 1. The van der Waals surface area contributed by atoms with Crippen molar-refractivity contribution in [2.75, 3.05) is 25.0 Å². The maximum Gasteiger partial charge on any atom is 0.220 e. The van der Waals surface area contributed by atoms with Crippen molar-refractivity contribution in [2.24, 2.45) is 0 Å². The van der Waals surface area contributed by atoms with Crippen LogP contribution in [0.2, 0.25) is 0 Å². The van der Waals surface area contributed by atoms with E-state index in [0.717, 1.165) is 49.3 Å². The van der Waals surface area contributed by atoms with Crippen LogP contribution in [0.4, 0.5) is 5.82 Å². The monoisotopic (exact) mass is 406 g/mol. The summed E-state index contributed by atoms with van der Waals surface area (Å²) in [6.07, 6.45) is 4.34. The first kappa shape index (κ1) is 20.5. The molecular formula is C24H30N4O2. The van der Waals surface area contributed by atoms with Gasteiger partial charge < -0.3 is 10.6 Å². The fraction of sp³-hybridized carbons (Fsp3) is 0.458. The lowest BCUT2D eigenvalue weighted by molar-refractivity contribution is -0.126. The van der Waals surface area contributed by atoms with E-state index in [1.54, 1.807) is 6.92 Å². The van der Waals surface area contributed by atoms with Crippen LogP contribution in [0.25, 0.3) is 0 Å². The Morgan fingerprint density at radius 1 is 1.20 bits per heavy atom. The highest BCUT2D eigenvalue weighted by molar-refractivity contribution is 5.83. The molecule has 2 N–H and O–H groups in total. The fourth-order valence-electron chi connectivity index (χ4n) is 4.39. The number of rotatable bonds is 8. The summed E-state index contributed by atoms with van der Waals surface area (Å²) in [5.41, 5.74) is 3.34. The predicted octanol–water partition coefficient (Wildman–Crippen LogP) is 2.89. The quantitative estimate of drug-likeness (QED) is 0.705. The highest BCUT2D eigenvalue weighted by Gasteiger charge is 2.35. The lowest BCUT2D eigenvalue weighted by Crippen LogP contribution is -2.60. The van der Waals surface area contributed by atoms with Crippen molar-refractivity contribution in [3.05, 3.63) is 59.3 Å². The molecule has 1 saturated heterocycles. The zero-order valence-corrected chi connectivity index (χ0v) is 17.6. The summed E-state index contributed by atoms with van der Waals surface area (Å²) in [6, 6.07) is 14.0. The number of anilines is 1. The number of benzene rings is 1. The first-order chi connectivity index (χ1) is 14.6. The smallest absolute Gasteiger partial charge is 0.220 e. The summed E-state index contributed by atoms with van der Waals surface area (Å²) in [7, 11) is 0. The molecule has 6 heteroatoms. The van der Waals surface area contributed by atoms with Gasteiger partial charge in [0.05, 0.1) is 12.1 Å². The Bertz CT molecular complexity index is 893. The van der Waals surface area contributed by atoms with Gasteiger partial charge in [0.2, 0.25) is 5.91 Å². The molecule has 2 aliphatic rings.